The van der Waals surface area contributed by atoms with Crippen LogP contribution in [0.4, 0.5) is 0 Å². The number of methoxy groups -OCH3 is 1. The Morgan fingerprint density at radius 2 is 2.26 bits per heavy atom. The predicted molar refractivity (Wildman–Crippen MR) is 64.9 cm³/mol. The van der Waals surface area contributed by atoms with E-state index in [4.69, 9.17) is 18.9 Å². The van der Waals surface area contributed by atoms with Crippen molar-refractivity contribution in [1.29, 1.82) is 0 Å². The van der Waals surface area contributed by atoms with Gasteiger partial charge in [-0.15, -0.1) is 0 Å². The number of rotatable bonds is 5. The largest absolute Gasteiger partial charge is 0.464 e. The Morgan fingerprint density at radius 1 is 1.47 bits per heavy atom. The van der Waals surface area contributed by atoms with Crippen LogP contribution in [-0.4, -0.2) is 31.6 Å². The maximum Gasteiger partial charge on any atom is 0.339 e. The summed E-state index contributed by atoms with van der Waals surface area (Å²) in [4.78, 5) is 11.6. The van der Waals surface area contributed by atoms with Gasteiger partial charge >= 0.3 is 5.97 Å². The van der Waals surface area contributed by atoms with Crippen LogP contribution in [0.3, 0.4) is 0 Å². The van der Waals surface area contributed by atoms with Crippen LogP contribution in [0.25, 0.3) is 0 Å². The number of benzene rings is 1. The van der Waals surface area contributed by atoms with Crippen molar-refractivity contribution in [3.63, 3.8) is 0 Å². The van der Waals surface area contributed by atoms with Crippen LogP contribution >= 0.6 is 0 Å². The number of fused-ring (bicyclic) bond motifs is 1. The standard InChI is InChI=1S/C13H16O6/c1-3-17-13(15)11(14)8-4-5-10-12(19-7-18-10)9(8)6-16-2/h4-5,11,14H,3,6-7H2,1-2H3. The molecule has 0 bridgehead atoms. The Balaban J connectivity index is 2.37. The second kappa shape index (κ2) is 5.90. The number of carbonyl (C=O) groups is 1. The smallest absolute Gasteiger partial charge is 0.339 e. The first-order chi connectivity index (χ1) is 9.19. The van der Waals surface area contributed by atoms with Gasteiger partial charge in [0.25, 0.3) is 0 Å². The molecule has 0 fully saturated rings. The van der Waals surface area contributed by atoms with Crippen molar-refractivity contribution in [3.8, 4) is 11.5 Å². The third-order valence-corrected chi connectivity index (χ3v) is 2.77. The number of hydrogen-bond acceptors (Lipinski definition) is 6. The molecule has 1 aliphatic rings. The van der Waals surface area contributed by atoms with Crippen LogP contribution in [0.5, 0.6) is 11.5 Å². The molecule has 6 nitrogen and oxygen atoms in total. The second-order valence-electron chi connectivity index (χ2n) is 3.95. The molecule has 1 unspecified atom stereocenters. The third kappa shape index (κ3) is 2.64. The number of esters is 1. The van der Waals surface area contributed by atoms with E-state index in [-0.39, 0.29) is 20.0 Å². The van der Waals surface area contributed by atoms with Crippen LogP contribution in [0, 0.1) is 0 Å². The molecule has 0 radical (unpaired) electrons. The number of aliphatic hydroxyl groups excluding tert-OH is 1. The summed E-state index contributed by atoms with van der Waals surface area (Å²) in [5, 5.41) is 10.0. The lowest BCUT2D eigenvalue weighted by atomic mass is 10.0. The fraction of sp³-hybridized carbons (Fsp3) is 0.462. The molecule has 1 aromatic carbocycles. The summed E-state index contributed by atoms with van der Waals surface area (Å²) < 4.78 is 20.5. The van der Waals surface area contributed by atoms with E-state index in [1.807, 2.05) is 0 Å². The normalized spacial score (nSPS) is 14.3. The average molecular weight is 268 g/mol. The number of aliphatic hydroxyl groups is 1. The Labute approximate surface area is 110 Å². The lowest BCUT2D eigenvalue weighted by Gasteiger charge is -2.15. The Hall–Kier alpha value is -1.79. The van der Waals surface area contributed by atoms with Crippen molar-refractivity contribution in [1.82, 2.24) is 0 Å². The molecule has 104 valence electrons. The molecule has 1 aromatic rings. The zero-order chi connectivity index (χ0) is 13.8. The second-order valence-corrected chi connectivity index (χ2v) is 3.95. The summed E-state index contributed by atoms with van der Waals surface area (Å²) in [6, 6.07) is 3.27. The van der Waals surface area contributed by atoms with Crippen molar-refractivity contribution >= 4 is 5.97 Å². The van der Waals surface area contributed by atoms with Gasteiger partial charge in [0.2, 0.25) is 6.79 Å². The first-order valence-electron chi connectivity index (χ1n) is 5.94. The van der Waals surface area contributed by atoms with Gasteiger partial charge in [-0.1, -0.05) is 6.07 Å². The maximum absolute atomic E-state index is 11.6. The van der Waals surface area contributed by atoms with Crippen LogP contribution in [-0.2, 0) is 20.9 Å². The van der Waals surface area contributed by atoms with Gasteiger partial charge in [0.15, 0.2) is 17.6 Å². The van der Waals surface area contributed by atoms with Gasteiger partial charge in [0, 0.05) is 18.2 Å². The zero-order valence-corrected chi connectivity index (χ0v) is 10.8. The van der Waals surface area contributed by atoms with Crippen molar-refractivity contribution in [2.45, 2.75) is 19.6 Å². The summed E-state index contributed by atoms with van der Waals surface area (Å²) in [5.41, 5.74) is 1.00. The molecular formula is C13H16O6. The van der Waals surface area contributed by atoms with E-state index in [1.165, 1.54) is 7.11 Å². The van der Waals surface area contributed by atoms with Crippen molar-refractivity contribution in [2.75, 3.05) is 20.5 Å². The Bertz CT molecular complexity index is 470. The molecule has 0 aliphatic carbocycles. The van der Waals surface area contributed by atoms with E-state index in [9.17, 15) is 9.90 Å². The van der Waals surface area contributed by atoms with Crippen molar-refractivity contribution in [2.24, 2.45) is 0 Å². The molecule has 0 aromatic heterocycles. The molecule has 0 saturated carbocycles. The van der Waals surface area contributed by atoms with E-state index in [1.54, 1.807) is 19.1 Å². The molecule has 0 amide bonds. The van der Waals surface area contributed by atoms with Crippen LogP contribution in [0.1, 0.15) is 24.2 Å². The molecule has 6 heteroatoms. The lowest BCUT2D eigenvalue weighted by Crippen LogP contribution is -2.17. The molecule has 1 atom stereocenters. The summed E-state index contributed by atoms with van der Waals surface area (Å²) in [6.45, 7) is 2.21. The number of ether oxygens (including phenoxy) is 4. The fourth-order valence-electron chi connectivity index (χ4n) is 1.94. The first kappa shape index (κ1) is 13.6. The zero-order valence-electron chi connectivity index (χ0n) is 10.8. The van der Waals surface area contributed by atoms with Gasteiger partial charge in [-0.05, 0) is 13.0 Å². The molecule has 19 heavy (non-hydrogen) atoms. The van der Waals surface area contributed by atoms with Gasteiger partial charge in [0.05, 0.1) is 13.2 Å². The monoisotopic (exact) mass is 268 g/mol. The van der Waals surface area contributed by atoms with Crippen molar-refractivity contribution in [3.05, 3.63) is 23.3 Å². The minimum absolute atomic E-state index is 0.116. The predicted octanol–water partition coefficient (Wildman–Crippen LogP) is 1.16. The highest BCUT2D eigenvalue weighted by Gasteiger charge is 2.27. The van der Waals surface area contributed by atoms with E-state index in [0.717, 1.165) is 0 Å². The minimum Gasteiger partial charge on any atom is -0.464 e. The lowest BCUT2D eigenvalue weighted by molar-refractivity contribution is -0.153. The molecule has 1 N–H and O–H groups in total. The van der Waals surface area contributed by atoms with Crippen LogP contribution in [0.15, 0.2) is 12.1 Å². The quantitative estimate of drug-likeness (QED) is 0.808. The van der Waals surface area contributed by atoms with Gasteiger partial charge in [-0.3, -0.25) is 0 Å². The van der Waals surface area contributed by atoms with E-state index in [2.05, 4.69) is 0 Å². The number of carbonyl (C=O) groups excluding carboxylic acids is 1. The molecular weight excluding hydrogens is 252 g/mol. The summed E-state index contributed by atoms with van der Waals surface area (Å²) in [6.07, 6.45) is -1.36. The minimum atomic E-state index is -1.36. The highest BCUT2D eigenvalue weighted by molar-refractivity contribution is 5.77. The SMILES string of the molecule is CCOC(=O)C(O)c1ccc2c(c1COC)OCO2. The van der Waals surface area contributed by atoms with Crippen LogP contribution in [0.2, 0.25) is 0 Å². The van der Waals surface area contributed by atoms with E-state index in [0.29, 0.717) is 22.6 Å². The van der Waals surface area contributed by atoms with E-state index < -0.39 is 12.1 Å². The van der Waals surface area contributed by atoms with Crippen LogP contribution < -0.4 is 9.47 Å². The van der Waals surface area contributed by atoms with Gasteiger partial charge < -0.3 is 24.1 Å². The Kier molecular flexibility index (Phi) is 4.24. The summed E-state index contributed by atoms with van der Waals surface area (Å²) in [7, 11) is 1.52. The first-order valence-corrected chi connectivity index (χ1v) is 5.94. The summed E-state index contributed by atoms with van der Waals surface area (Å²) in [5.74, 6) is 0.383. The molecule has 1 aliphatic heterocycles. The number of hydrogen-bond donors (Lipinski definition) is 1. The average Bonchev–Trinajstić information content (AvgIpc) is 2.87. The molecule has 0 saturated heterocycles. The van der Waals surface area contributed by atoms with Crippen molar-refractivity contribution < 1.29 is 28.8 Å². The topological polar surface area (TPSA) is 74.2 Å². The highest BCUT2D eigenvalue weighted by atomic mass is 16.7. The van der Waals surface area contributed by atoms with Gasteiger partial charge in [-0.25, -0.2) is 4.79 Å². The maximum atomic E-state index is 11.6. The highest BCUT2D eigenvalue weighted by Crippen LogP contribution is 2.39. The Morgan fingerprint density at radius 3 is 2.95 bits per heavy atom. The van der Waals surface area contributed by atoms with Gasteiger partial charge in [0.1, 0.15) is 0 Å². The third-order valence-electron chi connectivity index (χ3n) is 2.77. The molecule has 0 spiro atoms. The summed E-state index contributed by atoms with van der Waals surface area (Å²) >= 11 is 0. The molecule has 2 rings (SSSR count). The fourth-order valence-corrected chi connectivity index (χ4v) is 1.94. The van der Waals surface area contributed by atoms with Gasteiger partial charge in [-0.2, -0.15) is 0 Å². The molecule has 1 heterocycles. The van der Waals surface area contributed by atoms with E-state index >= 15 is 0 Å².